The Labute approximate surface area is 105 Å². The first-order valence-corrected chi connectivity index (χ1v) is 5.90. The quantitative estimate of drug-likeness (QED) is 0.787. The van der Waals surface area contributed by atoms with Crippen molar-refractivity contribution in [2.45, 2.75) is 18.9 Å². The Morgan fingerprint density at radius 3 is 2.76 bits per heavy atom. The van der Waals surface area contributed by atoms with Crippen LogP contribution in [-0.4, -0.2) is 34.6 Å². The number of hydrogen-bond acceptors (Lipinski definition) is 3. The number of rotatable bonds is 2. The number of hydrogen-bond donors (Lipinski definition) is 2. The van der Waals surface area contributed by atoms with Gasteiger partial charge < -0.3 is 15.7 Å². The van der Waals surface area contributed by atoms with Crippen molar-refractivity contribution >= 4 is 23.2 Å². The molecule has 3 N–H and O–H groups in total. The predicted molar refractivity (Wildman–Crippen MR) is 67.0 cm³/mol. The van der Waals surface area contributed by atoms with Crippen LogP contribution >= 0.6 is 11.6 Å². The van der Waals surface area contributed by atoms with Crippen molar-refractivity contribution < 1.29 is 9.90 Å². The summed E-state index contributed by atoms with van der Waals surface area (Å²) in [7, 11) is 0. The largest absolute Gasteiger partial charge is 0.398 e. The summed E-state index contributed by atoms with van der Waals surface area (Å²) in [6.07, 6.45) is 0.646. The van der Waals surface area contributed by atoms with E-state index in [1.54, 1.807) is 23.1 Å². The van der Waals surface area contributed by atoms with E-state index in [2.05, 4.69) is 0 Å². The van der Waals surface area contributed by atoms with Crippen molar-refractivity contribution in [3.63, 3.8) is 0 Å². The number of carbonyl (C=O) groups is 1. The Bertz CT molecular complexity index is 456. The van der Waals surface area contributed by atoms with E-state index >= 15 is 0 Å². The van der Waals surface area contributed by atoms with Gasteiger partial charge in [-0.05, 0) is 24.6 Å². The molecule has 0 saturated carbocycles. The number of amides is 1. The van der Waals surface area contributed by atoms with Crippen LogP contribution in [0.4, 0.5) is 5.69 Å². The van der Waals surface area contributed by atoms with Crippen LogP contribution in [0.15, 0.2) is 18.2 Å². The standard InChI is InChI=1S/C12H15ClN2O2/c1-2-12(17)6-15(7-12)11(16)9-4-3-8(13)5-10(9)14/h3-5,17H,2,6-7,14H2,1H3. The van der Waals surface area contributed by atoms with Crippen LogP contribution in [0.25, 0.3) is 0 Å². The van der Waals surface area contributed by atoms with Crippen LogP contribution < -0.4 is 5.73 Å². The van der Waals surface area contributed by atoms with Gasteiger partial charge in [-0.2, -0.15) is 0 Å². The Kier molecular flexibility index (Phi) is 3.02. The van der Waals surface area contributed by atoms with Gasteiger partial charge in [0.15, 0.2) is 0 Å². The fourth-order valence-electron chi connectivity index (χ4n) is 1.93. The minimum absolute atomic E-state index is 0.155. The van der Waals surface area contributed by atoms with Crippen LogP contribution in [-0.2, 0) is 0 Å². The summed E-state index contributed by atoms with van der Waals surface area (Å²) in [5, 5.41) is 10.4. The van der Waals surface area contributed by atoms with Gasteiger partial charge in [-0.3, -0.25) is 4.79 Å². The number of β-amino-alcohol motifs (C(OH)–C–C–N with tert-alkyl or cyclic N) is 1. The number of carbonyl (C=O) groups excluding carboxylic acids is 1. The van der Waals surface area contributed by atoms with Gasteiger partial charge in [0.1, 0.15) is 0 Å². The summed E-state index contributed by atoms with van der Waals surface area (Å²) >= 11 is 5.77. The first-order valence-electron chi connectivity index (χ1n) is 5.52. The summed E-state index contributed by atoms with van der Waals surface area (Å²) < 4.78 is 0. The molecular formula is C12H15ClN2O2. The number of halogens is 1. The molecule has 0 atom stereocenters. The molecule has 17 heavy (non-hydrogen) atoms. The summed E-state index contributed by atoms with van der Waals surface area (Å²) in [5.41, 5.74) is 5.83. The Morgan fingerprint density at radius 1 is 1.59 bits per heavy atom. The maximum Gasteiger partial charge on any atom is 0.256 e. The van der Waals surface area contributed by atoms with Crippen molar-refractivity contribution in [3.05, 3.63) is 28.8 Å². The smallest absolute Gasteiger partial charge is 0.256 e. The van der Waals surface area contributed by atoms with Crippen LogP contribution in [0.5, 0.6) is 0 Å². The second-order valence-electron chi connectivity index (χ2n) is 4.47. The minimum atomic E-state index is -0.725. The van der Waals surface area contributed by atoms with Crippen molar-refractivity contribution in [2.75, 3.05) is 18.8 Å². The molecule has 1 aliphatic heterocycles. The second-order valence-corrected chi connectivity index (χ2v) is 4.91. The Morgan fingerprint density at radius 2 is 2.24 bits per heavy atom. The molecule has 1 aromatic carbocycles. The molecule has 0 aromatic heterocycles. The van der Waals surface area contributed by atoms with Gasteiger partial charge in [-0.15, -0.1) is 0 Å². The van der Waals surface area contributed by atoms with E-state index in [1.807, 2.05) is 6.92 Å². The number of benzene rings is 1. The van der Waals surface area contributed by atoms with E-state index < -0.39 is 5.60 Å². The molecule has 0 radical (unpaired) electrons. The highest BCUT2D eigenvalue weighted by Crippen LogP contribution is 2.27. The third-order valence-corrected chi connectivity index (χ3v) is 3.39. The zero-order valence-electron chi connectivity index (χ0n) is 9.61. The molecule has 0 unspecified atom stereocenters. The van der Waals surface area contributed by atoms with Gasteiger partial charge in [0, 0.05) is 10.7 Å². The van der Waals surface area contributed by atoms with E-state index in [-0.39, 0.29) is 5.91 Å². The number of nitrogen functional groups attached to an aromatic ring is 1. The summed E-state index contributed by atoms with van der Waals surface area (Å²) in [4.78, 5) is 13.6. The number of aliphatic hydroxyl groups is 1. The van der Waals surface area contributed by atoms with Crippen molar-refractivity contribution in [3.8, 4) is 0 Å². The van der Waals surface area contributed by atoms with Crippen LogP contribution in [0, 0.1) is 0 Å². The van der Waals surface area contributed by atoms with Crippen molar-refractivity contribution in [1.29, 1.82) is 0 Å². The molecule has 1 saturated heterocycles. The minimum Gasteiger partial charge on any atom is -0.398 e. The lowest BCUT2D eigenvalue weighted by atomic mass is 9.90. The molecule has 1 fully saturated rings. The lowest BCUT2D eigenvalue weighted by Gasteiger charge is -2.46. The van der Waals surface area contributed by atoms with Crippen LogP contribution in [0.1, 0.15) is 23.7 Å². The van der Waals surface area contributed by atoms with E-state index in [4.69, 9.17) is 17.3 Å². The monoisotopic (exact) mass is 254 g/mol. The SMILES string of the molecule is CCC1(O)CN(C(=O)c2ccc(Cl)cc2N)C1. The zero-order chi connectivity index (χ0) is 12.6. The van der Waals surface area contributed by atoms with Gasteiger partial charge in [0.2, 0.25) is 0 Å². The van der Waals surface area contributed by atoms with Gasteiger partial charge in [0.05, 0.1) is 24.3 Å². The third kappa shape index (κ3) is 2.23. The van der Waals surface area contributed by atoms with E-state index in [0.29, 0.717) is 35.8 Å². The third-order valence-electron chi connectivity index (χ3n) is 3.16. The molecule has 2 rings (SSSR count). The highest BCUT2D eigenvalue weighted by Gasteiger charge is 2.42. The molecule has 0 aliphatic carbocycles. The first-order chi connectivity index (χ1) is 7.95. The highest BCUT2D eigenvalue weighted by atomic mass is 35.5. The number of nitrogens with two attached hydrogens (primary N) is 1. The molecule has 1 aliphatic rings. The topological polar surface area (TPSA) is 66.6 Å². The van der Waals surface area contributed by atoms with E-state index in [9.17, 15) is 9.90 Å². The summed E-state index contributed by atoms with van der Waals surface area (Å²) in [6, 6.07) is 4.81. The number of nitrogens with zero attached hydrogens (tertiary/aromatic N) is 1. The van der Waals surface area contributed by atoms with Crippen molar-refractivity contribution in [1.82, 2.24) is 4.90 Å². The molecule has 1 aromatic rings. The summed E-state index contributed by atoms with van der Waals surface area (Å²) in [6.45, 7) is 2.63. The average Bonchev–Trinajstić information content (AvgIpc) is 2.24. The van der Waals surface area contributed by atoms with E-state index in [1.165, 1.54) is 0 Å². The molecule has 5 heteroatoms. The molecule has 92 valence electrons. The lowest BCUT2D eigenvalue weighted by Crippen LogP contribution is -2.63. The molecule has 1 heterocycles. The second kappa shape index (κ2) is 4.20. The predicted octanol–water partition coefficient (Wildman–Crippen LogP) is 1.52. The lowest BCUT2D eigenvalue weighted by molar-refractivity contribution is -0.0826. The fraction of sp³-hybridized carbons (Fsp3) is 0.417. The zero-order valence-corrected chi connectivity index (χ0v) is 10.4. The molecular weight excluding hydrogens is 240 g/mol. The summed E-state index contributed by atoms with van der Waals surface area (Å²) in [5.74, 6) is -0.155. The molecule has 1 amide bonds. The maximum absolute atomic E-state index is 12.1. The average molecular weight is 255 g/mol. The maximum atomic E-state index is 12.1. The Balaban J connectivity index is 2.12. The van der Waals surface area contributed by atoms with Crippen LogP contribution in [0.3, 0.4) is 0 Å². The first kappa shape index (κ1) is 12.2. The fourth-order valence-corrected chi connectivity index (χ4v) is 2.11. The van der Waals surface area contributed by atoms with Crippen LogP contribution in [0.2, 0.25) is 5.02 Å². The van der Waals surface area contributed by atoms with Gasteiger partial charge in [-0.25, -0.2) is 0 Å². The molecule has 0 bridgehead atoms. The molecule has 0 spiro atoms. The normalized spacial score (nSPS) is 17.7. The Hall–Kier alpha value is -1.26. The number of likely N-dealkylation sites (tertiary alicyclic amines) is 1. The van der Waals surface area contributed by atoms with E-state index in [0.717, 1.165) is 0 Å². The number of anilines is 1. The molecule has 4 nitrogen and oxygen atoms in total. The highest BCUT2D eigenvalue weighted by molar-refractivity contribution is 6.31. The van der Waals surface area contributed by atoms with Crippen molar-refractivity contribution in [2.24, 2.45) is 0 Å². The van der Waals surface area contributed by atoms with Gasteiger partial charge in [-0.1, -0.05) is 18.5 Å². The van der Waals surface area contributed by atoms with Gasteiger partial charge in [0.25, 0.3) is 5.91 Å². The van der Waals surface area contributed by atoms with Gasteiger partial charge >= 0.3 is 0 Å².